The number of Topliss-reactive ketones (excluding diaryl/α,β-unsaturated/α-hetero) is 1. The smallest absolute Gasteiger partial charge is 0.240 e. The Bertz CT molecular complexity index is 697. The van der Waals surface area contributed by atoms with E-state index in [0.717, 1.165) is 0 Å². The molecule has 0 unspecified atom stereocenters. The lowest BCUT2D eigenvalue weighted by Crippen LogP contribution is -2.29. The molecule has 0 spiro atoms. The summed E-state index contributed by atoms with van der Waals surface area (Å²) in [5.41, 5.74) is 0.464. The van der Waals surface area contributed by atoms with Crippen LogP contribution in [0.3, 0.4) is 0 Å². The van der Waals surface area contributed by atoms with Crippen molar-refractivity contribution in [3.05, 3.63) is 65.2 Å². The molecule has 2 rings (SSSR count). The molecular weight excluding hydrogens is 298 g/mol. The summed E-state index contributed by atoms with van der Waals surface area (Å²) < 4.78 is 26.2. The highest BCUT2D eigenvalue weighted by Crippen LogP contribution is 2.13. The molecule has 1 N–H and O–H groups in total. The van der Waals surface area contributed by atoms with Crippen LogP contribution in [0.15, 0.2) is 59.5 Å². The van der Waals surface area contributed by atoms with Crippen molar-refractivity contribution in [1.82, 2.24) is 4.72 Å². The largest absolute Gasteiger partial charge is 0.293 e. The summed E-state index contributed by atoms with van der Waals surface area (Å²) in [5.74, 6) is -0.289. The molecule has 2 aromatic carbocycles. The van der Waals surface area contributed by atoms with Crippen LogP contribution in [0, 0.1) is 0 Å². The Morgan fingerprint density at radius 3 is 2.20 bits per heavy atom. The maximum atomic E-state index is 12.0. The van der Waals surface area contributed by atoms with Crippen molar-refractivity contribution in [2.45, 2.75) is 4.90 Å². The van der Waals surface area contributed by atoms with Gasteiger partial charge < -0.3 is 0 Å². The highest BCUT2D eigenvalue weighted by atomic mass is 35.5. The molecule has 0 aliphatic rings. The molecule has 0 saturated heterocycles. The van der Waals surface area contributed by atoms with Gasteiger partial charge in [0.05, 0.1) is 11.4 Å². The van der Waals surface area contributed by atoms with E-state index in [1.54, 1.807) is 30.3 Å². The number of hydrogen-bond donors (Lipinski definition) is 1. The van der Waals surface area contributed by atoms with Gasteiger partial charge in [-0.25, -0.2) is 13.1 Å². The van der Waals surface area contributed by atoms with Crippen LogP contribution < -0.4 is 4.72 Å². The van der Waals surface area contributed by atoms with Crippen LogP contribution >= 0.6 is 11.6 Å². The molecule has 0 amide bonds. The van der Waals surface area contributed by atoms with Gasteiger partial charge in [0.15, 0.2) is 5.78 Å². The van der Waals surface area contributed by atoms with E-state index in [0.29, 0.717) is 10.6 Å². The molecule has 0 aliphatic carbocycles. The third-order valence-electron chi connectivity index (χ3n) is 2.64. The Morgan fingerprint density at radius 1 is 1.00 bits per heavy atom. The number of carbonyl (C=O) groups excluding carboxylic acids is 1. The summed E-state index contributed by atoms with van der Waals surface area (Å²) in [6.45, 7) is -0.283. The first-order valence-corrected chi connectivity index (χ1v) is 7.68. The molecule has 0 aromatic heterocycles. The third-order valence-corrected chi connectivity index (χ3v) is 4.31. The van der Waals surface area contributed by atoms with Crippen molar-refractivity contribution in [2.24, 2.45) is 0 Å². The van der Waals surface area contributed by atoms with Gasteiger partial charge in [-0.2, -0.15) is 0 Å². The fraction of sp³-hybridized carbons (Fsp3) is 0.0714. The molecule has 0 bridgehead atoms. The molecule has 0 radical (unpaired) electrons. The minimum absolute atomic E-state index is 0.0720. The van der Waals surface area contributed by atoms with Gasteiger partial charge in [-0.3, -0.25) is 4.79 Å². The normalized spacial score (nSPS) is 11.2. The highest BCUT2D eigenvalue weighted by Gasteiger charge is 2.15. The number of sulfonamides is 1. The van der Waals surface area contributed by atoms with E-state index < -0.39 is 10.0 Å². The second-order valence-corrected chi connectivity index (χ2v) is 6.27. The van der Waals surface area contributed by atoms with E-state index >= 15 is 0 Å². The Balaban J connectivity index is 2.06. The van der Waals surface area contributed by atoms with Crippen LogP contribution in [0.1, 0.15) is 10.4 Å². The van der Waals surface area contributed by atoms with Crippen LogP contribution in [-0.4, -0.2) is 20.7 Å². The minimum Gasteiger partial charge on any atom is -0.293 e. The highest BCUT2D eigenvalue weighted by molar-refractivity contribution is 7.89. The van der Waals surface area contributed by atoms with Crippen molar-refractivity contribution < 1.29 is 13.2 Å². The van der Waals surface area contributed by atoms with Gasteiger partial charge in [-0.1, -0.05) is 41.9 Å². The van der Waals surface area contributed by atoms with Crippen molar-refractivity contribution in [1.29, 1.82) is 0 Å². The molecule has 4 nitrogen and oxygen atoms in total. The summed E-state index contributed by atoms with van der Waals surface area (Å²) in [4.78, 5) is 11.9. The Labute approximate surface area is 122 Å². The lowest BCUT2D eigenvalue weighted by atomic mass is 10.1. The zero-order valence-corrected chi connectivity index (χ0v) is 12.0. The maximum absolute atomic E-state index is 12.0. The molecule has 2 aromatic rings. The van der Waals surface area contributed by atoms with Gasteiger partial charge in [-0.15, -0.1) is 0 Å². The SMILES string of the molecule is O=C(CNS(=O)(=O)c1ccc(Cl)cc1)c1ccccc1. The summed E-state index contributed by atoms with van der Waals surface area (Å²) in [5, 5.41) is 0.448. The summed E-state index contributed by atoms with van der Waals surface area (Å²) in [6.07, 6.45) is 0. The average Bonchev–Trinajstić information content (AvgIpc) is 2.46. The van der Waals surface area contributed by atoms with E-state index in [1.807, 2.05) is 0 Å². The molecule has 0 aliphatic heterocycles. The first-order valence-electron chi connectivity index (χ1n) is 5.82. The van der Waals surface area contributed by atoms with Crippen LogP contribution in [0.4, 0.5) is 0 Å². The number of benzene rings is 2. The van der Waals surface area contributed by atoms with E-state index in [-0.39, 0.29) is 17.2 Å². The number of carbonyl (C=O) groups is 1. The van der Waals surface area contributed by atoms with Gasteiger partial charge in [0.2, 0.25) is 10.0 Å². The Hall–Kier alpha value is -1.69. The van der Waals surface area contributed by atoms with Crippen LogP contribution in [-0.2, 0) is 10.0 Å². The van der Waals surface area contributed by atoms with Crippen molar-refractivity contribution in [3.8, 4) is 0 Å². The number of nitrogens with one attached hydrogen (secondary N) is 1. The van der Waals surface area contributed by atoms with Gasteiger partial charge in [-0.05, 0) is 24.3 Å². The fourth-order valence-electron chi connectivity index (χ4n) is 1.58. The topological polar surface area (TPSA) is 63.2 Å². The predicted molar refractivity (Wildman–Crippen MR) is 77.4 cm³/mol. The van der Waals surface area contributed by atoms with E-state index in [2.05, 4.69) is 4.72 Å². The molecular formula is C14H12ClNO3S. The second kappa shape index (κ2) is 6.17. The monoisotopic (exact) mass is 309 g/mol. The Morgan fingerprint density at radius 2 is 1.60 bits per heavy atom. The molecule has 0 fully saturated rings. The van der Waals surface area contributed by atoms with E-state index in [1.165, 1.54) is 24.3 Å². The van der Waals surface area contributed by atoms with Gasteiger partial charge >= 0.3 is 0 Å². The second-order valence-electron chi connectivity index (χ2n) is 4.07. The van der Waals surface area contributed by atoms with Crippen molar-refractivity contribution >= 4 is 27.4 Å². The summed E-state index contributed by atoms with van der Waals surface area (Å²) in [7, 11) is -3.71. The van der Waals surface area contributed by atoms with Crippen molar-refractivity contribution in [2.75, 3.05) is 6.54 Å². The van der Waals surface area contributed by atoms with Gasteiger partial charge in [0.25, 0.3) is 0 Å². The fourth-order valence-corrected chi connectivity index (χ4v) is 2.69. The number of ketones is 1. The first kappa shape index (κ1) is 14.7. The van der Waals surface area contributed by atoms with E-state index in [4.69, 9.17) is 11.6 Å². The summed E-state index contributed by atoms with van der Waals surface area (Å²) in [6, 6.07) is 14.2. The Kier molecular flexibility index (Phi) is 4.54. The molecule has 0 atom stereocenters. The van der Waals surface area contributed by atoms with Crippen LogP contribution in [0.2, 0.25) is 5.02 Å². The quantitative estimate of drug-likeness (QED) is 0.863. The zero-order chi connectivity index (χ0) is 14.6. The van der Waals surface area contributed by atoms with Gasteiger partial charge in [0.1, 0.15) is 0 Å². The predicted octanol–water partition coefficient (Wildman–Crippen LogP) is 2.50. The molecule has 0 heterocycles. The van der Waals surface area contributed by atoms with Crippen molar-refractivity contribution in [3.63, 3.8) is 0 Å². The van der Waals surface area contributed by atoms with Crippen LogP contribution in [0.25, 0.3) is 0 Å². The zero-order valence-electron chi connectivity index (χ0n) is 10.4. The number of rotatable bonds is 5. The molecule has 0 saturated carbocycles. The third kappa shape index (κ3) is 3.66. The maximum Gasteiger partial charge on any atom is 0.240 e. The average molecular weight is 310 g/mol. The summed E-state index contributed by atoms with van der Waals surface area (Å²) >= 11 is 5.70. The molecule has 104 valence electrons. The standard InChI is InChI=1S/C14H12ClNO3S/c15-12-6-8-13(9-7-12)20(18,19)16-10-14(17)11-4-2-1-3-5-11/h1-9,16H,10H2. The lowest BCUT2D eigenvalue weighted by Gasteiger charge is -2.06. The first-order chi connectivity index (χ1) is 9.49. The number of hydrogen-bond acceptors (Lipinski definition) is 3. The lowest BCUT2D eigenvalue weighted by molar-refractivity contribution is 0.0997. The molecule has 20 heavy (non-hydrogen) atoms. The number of halogens is 1. The van der Waals surface area contributed by atoms with Gasteiger partial charge in [0, 0.05) is 10.6 Å². The van der Waals surface area contributed by atoms with E-state index in [9.17, 15) is 13.2 Å². The molecule has 6 heteroatoms. The van der Waals surface area contributed by atoms with Crippen LogP contribution in [0.5, 0.6) is 0 Å². The minimum atomic E-state index is -3.71.